The SMILES string of the molecule is CC(C)(C)OC(=O)[C@@H]1NC=C2N=C(Cl)C=C(Cl)N21. The Bertz CT molecular complexity index is 477. The quantitative estimate of drug-likeness (QED) is 0.593. The molecule has 2 aliphatic heterocycles. The first-order valence-corrected chi connectivity index (χ1v) is 6.13. The molecule has 0 fully saturated rings. The molecular weight excluding hydrogens is 277 g/mol. The zero-order valence-electron chi connectivity index (χ0n) is 10.2. The Morgan fingerprint density at radius 2 is 2.17 bits per heavy atom. The molecule has 1 atom stereocenters. The number of fused-ring (bicyclic) bond motifs is 1. The summed E-state index contributed by atoms with van der Waals surface area (Å²) in [5.41, 5.74) is -0.561. The lowest BCUT2D eigenvalue weighted by atomic mass is 10.2. The predicted octanol–water partition coefficient (Wildman–Crippen LogP) is 2.09. The summed E-state index contributed by atoms with van der Waals surface area (Å²) in [7, 11) is 0. The van der Waals surface area contributed by atoms with Gasteiger partial charge in [-0.3, -0.25) is 4.90 Å². The van der Waals surface area contributed by atoms with E-state index in [1.165, 1.54) is 11.0 Å². The van der Waals surface area contributed by atoms with Crippen molar-refractivity contribution in [3.8, 4) is 0 Å². The molecule has 0 aromatic carbocycles. The number of carbonyl (C=O) groups excluding carboxylic acids is 1. The number of hydrogen-bond acceptors (Lipinski definition) is 5. The smallest absolute Gasteiger partial charge is 0.350 e. The molecule has 7 heteroatoms. The van der Waals surface area contributed by atoms with Crippen molar-refractivity contribution in [2.45, 2.75) is 32.5 Å². The summed E-state index contributed by atoms with van der Waals surface area (Å²) in [5.74, 6) is 0.0666. The molecule has 0 bridgehead atoms. The second-order valence-electron chi connectivity index (χ2n) is 4.88. The molecule has 2 rings (SSSR count). The highest BCUT2D eigenvalue weighted by Gasteiger charge is 2.38. The third kappa shape index (κ3) is 2.62. The summed E-state index contributed by atoms with van der Waals surface area (Å²) >= 11 is 11.8. The van der Waals surface area contributed by atoms with Crippen LogP contribution in [-0.4, -0.2) is 27.8 Å². The Hall–Kier alpha value is -1.20. The Balaban J connectivity index is 2.17. The van der Waals surface area contributed by atoms with E-state index in [4.69, 9.17) is 27.9 Å². The van der Waals surface area contributed by atoms with E-state index in [-0.39, 0.29) is 5.17 Å². The van der Waals surface area contributed by atoms with Crippen LogP contribution in [0.4, 0.5) is 0 Å². The minimum absolute atomic E-state index is 0.272. The van der Waals surface area contributed by atoms with Gasteiger partial charge in [-0.1, -0.05) is 23.2 Å². The number of nitrogens with zero attached hydrogens (tertiary/aromatic N) is 2. The minimum atomic E-state index is -0.712. The largest absolute Gasteiger partial charge is 0.457 e. The first-order valence-electron chi connectivity index (χ1n) is 5.38. The minimum Gasteiger partial charge on any atom is -0.457 e. The summed E-state index contributed by atoms with van der Waals surface area (Å²) in [6.45, 7) is 5.41. The van der Waals surface area contributed by atoms with E-state index in [2.05, 4.69) is 10.3 Å². The molecule has 0 saturated carbocycles. The highest BCUT2D eigenvalue weighted by Crippen LogP contribution is 2.29. The highest BCUT2D eigenvalue weighted by molar-refractivity contribution is 6.69. The standard InChI is InChI=1S/C11H13Cl2N3O2/c1-11(2,3)18-10(17)9-14-5-8-15-6(12)4-7(13)16(8)9/h4-5,9,14H,1-3H3/t9-/m1/s1. The normalized spacial score (nSPS) is 22.6. The summed E-state index contributed by atoms with van der Waals surface area (Å²) in [6, 6.07) is 0. The van der Waals surface area contributed by atoms with Gasteiger partial charge in [0.1, 0.15) is 15.9 Å². The maximum atomic E-state index is 12.0. The van der Waals surface area contributed by atoms with Crippen LogP contribution in [0.25, 0.3) is 0 Å². The summed E-state index contributed by atoms with van der Waals surface area (Å²) in [6.07, 6.45) is 2.34. The number of ether oxygens (including phenoxy) is 1. The fourth-order valence-electron chi connectivity index (χ4n) is 1.59. The fraction of sp³-hybridized carbons (Fsp3) is 0.455. The second kappa shape index (κ2) is 4.48. The number of hydrogen-bond donors (Lipinski definition) is 1. The number of aliphatic imine (C=N–C) groups is 1. The number of halogens is 2. The highest BCUT2D eigenvalue weighted by atomic mass is 35.5. The number of rotatable bonds is 1. The Morgan fingerprint density at radius 1 is 1.50 bits per heavy atom. The van der Waals surface area contributed by atoms with E-state index < -0.39 is 17.7 Å². The van der Waals surface area contributed by atoms with Crippen LogP contribution in [0.15, 0.2) is 28.2 Å². The number of nitrogens with one attached hydrogen (secondary N) is 1. The van der Waals surface area contributed by atoms with Crippen LogP contribution in [0.3, 0.4) is 0 Å². The van der Waals surface area contributed by atoms with Gasteiger partial charge in [0.15, 0.2) is 5.82 Å². The maximum absolute atomic E-state index is 12.0. The Morgan fingerprint density at radius 3 is 2.78 bits per heavy atom. The zero-order chi connectivity index (χ0) is 13.5. The maximum Gasteiger partial charge on any atom is 0.350 e. The molecule has 1 N–H and O–H groups in total. The van der Waals surface area contributed by atoms with Crippen LogP contribution in [0.5, 0.6) is 0 Å². The molecule has 0 radical (unpaired) electrons. The topological polar surface area (TPSA) is 53.9 Å². The number of carbonyl (C=O) groups is 1. The first-order chi connectivity index (χ1) is 8.28. The van der Waals surface area contributed by atoms with Crippen LogP contribution < -0.4 is 5.32 Å². The van der Waals surface area contributed by atoms with Crippen LogP contribution in [0.1, 0.15) is 20.8 Å². The van der Waals surface area contributed by atoms with Crippen molar-refractivity contribution in [2.75, 3.05) is 0 Å². The zero-order valence-corrected chi connectivity index (χ0v) is 11.7. The molecule has 2 heterocycles. The van der Waals surface area contributed by atoms with Gasteiger partial charge in [-0.25, -0.2) is 9.79 Å². The molecule has 0 saturated heterocycles. The fourth-order valence-corrected chi connectivity index (χ4v) is 2.12. The van der Waals surface area contributed by atoms with Crippen molar-refractivity contribution in [3.63, 3.8) is 0 Å². The average Bonchev–Trinajstić information content (AvgIpc) is 2.58. The molecule has 0 spiro atoms. The molecule has 0 aromatic heterocycles. The van der Waals surface area contributed by atoms with E-state index in [0.717, 1.165) is 0 Å². The molecule has 0 aromatic rings. The van der Waals surface area contributed by atoms with Crippen molar-refractivity contribution < 1.29 is 9.53 Å². The predicted molar refractivity (Wildman–Crippen MR) is 69.9 cm³/mol. The third-order valence-electron chi connectivity index (χ3n) is 2.20. The summed E-state index contributed by atoms with van der Waals surface area (Å²) < 4.78 is 5.30. The van der Waals surface area contributed by atoms with Gasteiger partial charge < -0.3 is 10.1 Å². The van der Waals surface area contributed by atoms with E-state index in [1.54, 1.807) is 27.0 Å². The van der Waals surface area contributed by atoms with Gasteiger partial charge in [0.25, 0.3) is 0 Å². The molecule has 0 aliphatic carbocycles. The van der Waals surface area contributed by atoms with E-state index in [0.29, 0.717) is 11.0 Å². The van der Waals surface area contributed by atoms with Crippen molar-refractivity contribution in [1.29, 1.82) is 0 Å². The van der Waals surface area contributed by atoms with Crippen molar-refractivity contribution in [3.05, 3.63) is 23.3 Å². The summed E-state index contributed by atoms with van der Waals surface area (Å²) in [5, 5.41) is 3.46. The first kappa shape index (κ1) is 13.2. The second-order valence-corrected chi connectivity index (χ2v) is 5.65. The molecule has 0 amide bonds. The van der Waals surface area contributed by atoms with Gasteiger partial charge in [-0.15, -0.1) is 0 Å². The molecule has 0 unspecified atom stereocenters. The Kier molecular flexibility index (Phi) is 3.29. The molecule has 98 valence electrons. The van der Waals surface area contributed by atoms with Gasteiger partial charge >= 0.3 is 5.97 Å². The van der Waals surface area contributed by atoms with E-state index >= 15 is 0 Å². The summed E-state index contributed by atoms with van der Waals surface area (Å²) in [4.78, 5) is 17.6. The van der Waals surface area contributed by atoms with Gasteiger partial charge in [0.2, 0.25) is 6.17 Å². The van der Waals surface area contributed by atoms with Crippen LogP contribution in [0.2, 0.25) is 0 Å². The molecule has 18 heavy (non-hydrogen) atoms. The number of esters is 1. The van der Waals surface area contributed by atoms with Crippen molar-refractivity contribution in [1.82, 2.24) is 10.2 Å². The van der Waals surface area contributed by atoms with Crippen LogP contribution in [0, 0.1) is 0 Å². The lowest BCUT2D eigenvalue weighted by Gasteiger charge is -2.29. The third-order valence-corrected chi connectivity index (χ3v) is 2.68. The average molecular weight is 290 g/mol. The van der Waals surface area contributed by atoms with Crippen molar-refractivity contribution in [2.24, 2.45) is 4.99 Å². The Labute approximate surface area is 115 Å². The lowest BCUT2D eigenvalue weighted by Crippen LogP contribution is -2.46. The molecule has 2 aliphatic rings. The van der Waals surface area contributed by atoms with Gasteiger partial charge in [0.05, 0.1) is 0 Å². The monoisotopic (exact) mass is 289 g/mol. The lowest BCUT2D eigenvalue weighted by molar-refractivity contribution is -0.160. The van der Waals surface area contributed by atoms with Crippen LogP contribution >= 0.6 is 23.2 Å². The van der Waals surface area contributed by atoms with Crippen molar-refractivity contribution >= 4 is 34.3 Å². The molecule has 5 nitrogen and oxygen atoms in total. The van der Waals surface area contributed by atoms with E-state index in [1.807, 2.05) is 0 Å². The van der Waals surface area contributed by atoms with E-state index in [9.17, 15) is 4.79 Å². The van der Waals surface area contributed by atoms with Crippen LogP contribution in [-0.2, 0) is 9.53 Å². The molecular formula is C11H13Cl2N3O2. The van der Waals surface area contributed by atoms with Gasteiger partial charge in [-0.05, 0) is 20.8 Å². The van der Waals surface area contributed by atoms with Gasteiger partial charge in [-0.2, -0.15) is 0 Å². The number of allylic oxidation sites excluding steroid dienone is 1. The van der Waals surface area contributed by atoms with Gasteiger partial charge in [0, 0.05) is 12.3 Å².